The number of benzene rings is 2. The van der Waals surface area contributed by atoms with Crippen LogP contribution in [0.2, 0.25) is 5.02 Å². The van der Waals surface area contributed by atoms with Crippen LogP contribution in [0.25, 0.3) is 17.1 Å². The molecular weight excluding hydrogens is 327 g/mol. The standard InChI is InChI=1S/C16H11ClF3N3/c1-10-6-7-11(8-14(10)17)23-15(21-9-22-23)12-4-2-3-5-13(12)16(18,19)20/h2-9H,1H3. The first-order valence-electron chi connectivity index (χ1n) is 6.71. The Morgan fingerprint density at radius 1 is 1.09 bits per heavy atom. The summed E-state index contributed by atoms with van der Waals surface area (Å²) in [6.07, 6.45) is -3.26. The monoisotopic (exact) mass is 337 g/mol. The van der Waals surface area contributed by atoms with E-state index >= 15 is 0 Å². The van der Waals surface area contributed by atoms with Gasteiger partial charge in [-0.05, 0) is 30.7 Å². The highest BCUT2D eigenvalue weighted by Crippen LogP contribution is 2.36. The predicted octanol–water partition coefficient (Wildman–Crippen LogP) is 4.91. The summed E-state index contributed by atoms with van der Waals surface area (Å²) in [4.78, 5) is 4.00. The fourth-order valence-electron chi connectivity index (χ4n) is 2.25. The van der Waals surface area contributed by atoms with Gasteiger partial charge in [0.1, 0.15) is 6.33 Å². The average molecular weight is 338 g/mol. The van der Waals surface area contributed by atoms with E-state index in [9.17, 15) is 13.2 Å². The molecule has 0 atom stereocenters. The van der Waals surface area contributed by atoms with Crippen LogP contribution in [0.3, 0.4) is 0 Å². The molecule has 0 spiro atoms. The number of hydrogen-bond acceptors (Lipinski definition) is 2. The smallest absolute Gasteiger partial charge is 0.215 e. The van der Waals surface area contributed by atoms with Crippen molar-refractivity contribution in [2.24, 2.45) is 0 Å². The average Bonchev–Trinajstić information content (AvgIpc) is 2.98. The van der Waals surface area contributed by atoms with Crippen molar-refractivity contribution in [3.05, 3.63) is 64.9 Å². The second-order valence-electron chi connectivity index (χ2n) is 4.97. The zero-order chi connectivity index (χ0) is 16.6. The van der Waals surface area contributed by atoms with Crippen molar-refractivity contribution in [2.75, 3.05) is 0 Å². The molecule has 1 aromatic heterocycles. The lowest BCUT2D eigenvalue weighted by Gasteiger charge is -2.13. The molecular formula is C16H11ClF3N3. The minimum Gasteiger partial charge on any atom is -0.215 e. The summed E-state index contributed by atoms with van der Waals surface area (Å²) < 4.78 is 41.0. The van der Waals surface area contributed by atoms with E-state index in [4.69, 9.17) is 11.6 Å². The summed E-state index contributed by atoms with van der Waals surface area (Å²) in [5.74, 6) is 0.109. The fourth-order valence-corrected chi connectivity index (χ4v) is 2.43. The van der Waals surface area contributed by atoms with Crippen molar-refractivity contribution in [2.45, 2.75) is 13.1 Å². The number of alkyl halides is 3. The Kier molecular flexibility index (Phi) is 3.85. The largest absolute Gasteiger partial charge is 0.417 e. The van der Waals surface area contributed by atoms with Crippen LogP contribution in [0, 0.1) is 6.92 Å². The van der Waals surface area contributed by atoms with Gasteiger partial charge >= 0.3 is 6.18 Å². The Hall–Kier alpha value is -2.34. The quantitative estimate of drug-likeness (QED) is 0.665. The SMILES string of the molecule is Cc1ccc(-n2ncnc2-c2ccccc2C(F)(F)F)cc1Cl. The predicted molar refractivity (Wildman–Crippen MR) is 81.5 cm³/mol. The first-order valence-corrected chi connectivity index (χ1v) is 7.09. The molecule has 0 bridgehead atoms. The summed E-state index contributed by atoms with van der Waals surface area (Å²) in [7, 11) is 0. The van der Waals surface area contributed by atoms with Gasteiger partial charge in [-0.1, -0.05) is 35.9 Å². The van der Waals surface area contributed by atoms with Crippen LogP contribution >= 0.6 is 11.6 Å². The van der Waals surface area contributed by atoms with Gasteiger partial charge in [-0.25, -0.2) is 9.67 Å². The molecule has 0 saturated carbocycles. The maximum atomic E-state index is 13.2. The van der Waals surface area contributed by atoms with E-state index in [0.29, 0.717) is 10.7 Å². The molecule has 0 N–H and O–H groups in total. The number of halogens is 4. The lowest BCUT2D eigenvalue weighted by molar-refractivity contribution is -0.137. The summed E-state index contributed by atoms with van der Waals surface area (Å²) >= 11 is 6.09. The molecule has 0 aliphatic heterocycles. The molecule has 0 fully saturated rings. The summed E-state index contributed by atoms with van der Waals surface area (Å²) in [6.45, 7) is 1.84. The molecule has 3 aromatic rings. The minimum absolute atomic E-state index is 0.0332. The van der Waals surface area contributed by atoms with Crippen LogP contribution in [-0.2, 0) is 6.18 Å². The van der Waals surface area contributed by atoms with E-state index in [1.807, 2.05) is 6.92 Å². The number of aryl methyl sites for hydroxylation is 1. The summed E-state index contributed by atoms with van der Waals surface area (Å²) in [6, 6.07) is 10.4. The van der Waals surface area contributed by atoms with E-state index in [0.717, 1.165) is 11.6 Å². The highest BCUT2D eigenvalue weighted by atomic mass is 35.5. The fraction of sp³-hybridized carbons (Fsp3) is 0.125. The van der Waals surface area contributed by atoms with Crippen LogP contribution in [-0.4, -0.2) is 14.8 Å². The van der Waals surface area contributed by atoms with Gasteiger partial charge in [-0.15, -0.1) is 0 Å². The van der Waals surface area contributed by atoms with E-state index in [2.05, 4.69) is 10.1 Å². The van der Waals surface area contributed by atoms with E-state index in [1.165, 1.54) is 29.2 Å². The maximum absolute atomic E-state index is 13.2. The Bertz CT molecular complexity index is 856. The van der Waals surface area contributed by atoms with Gasteiger partial charge in [0.2, 0.25) is 0 Å². The molecule has 23 heavy (non-hydrogen) atoms. The van der Waals surface area contributed by atoms with E-state index in [1.54, 1.807) is 18.2 Å². The van der Waals surface area contributed by atoms with Crippen LogP contribution in [0.4, 0.5) is 13.2 Å². The van der Waals surface area contributed by atoms with Gasteiger partial charge in [-0.2, -0.15) is 18.3 Å². The van der Waals surface area contributed by atoms with Crippen molar-refractivity contribution in [3.63, 3.8) is 0 Å². The lowest BCUT2D eigenvalue weighted by atomic mass is 10.1. The van der Waals surface area contributed by atoms with Crippen LogP contribution in [0.15, 0.2) is 48.8 Å². The van der Waals surface area contributed by atoms with Gasteiger partial charge in [-0.3, -0.25) is 0 Å². The van der Waals surface area contributed by atoms with Gasteiger partial charge in [0.05, 0.1) is 11.3 Å². The van der Waals surface area contributed by atoms with Gasteiger partial charge in [0, 0.05) is 10.6 Å². The van der Waals surface area contributed by atoms with Crippen molar-refractivity contribution >= 4 is 11.6 Å². The Morgan fingerprint density at radius 3 is 2.52 bits per heavy atom. The Morgan fingerprint density at radius 2 is 1.83 bits per heavy atom. The molecule has 2 aromatic carbocycles. The third kappa shape index (κ3) is 2.94. The molecule has 0 aliphatic carbocycles. The maximum Gasteiger partial charge on any atom is 0.417 e. The number of aromatic nitrogens is 3. The number of hydrogen-bond donors (Lipinski definition) is 0. The highest BCUT2D eigenvalue weighted by Gasteiger charge is 2.34. The van der Waals surface area contributed by atoms with Crippen LogP contribution in [0.5, 0.6) is 0 Å². The van der Waals surface area contributed by atoms with Crippen LogP contribution in [0.1, 0.15) is 11.1 Å². The van der Waals surface area contributed by atoms with Gasteiger partial charge in [0.25, 0.3) is 0 Å². The van der Waals surface area contributed by atoms with Crippen molar-refractivity contribution in [1.29, 1.82) is 0 Å². The van der Waals surface area contributed by atoms with Crippen molar-refractivity contribution < 1.29 is 13.2 Å². The second kappa shape index (κ2) is 5.70. The Balaban J connectivity index is 2.18. The molecule has 0 radical (unpaired) electrons. The number of nitrogens with zero attached hydrogens (tertiary/aromatic N) is 3. The van der Waals surface area contributed by atoms with Crippen molar-refractivity contribution in [1.82, 2.24) is 14.8 Å². The van der Waals surface area contributed by atoms with E-state index < -0.39 is 11.7 Å². The molecule has 1 heterocycles. The first-order chi connectivity index (χ1) is 10.9. The first kappa shape index (κ1) is 15.6. The topological polar surface area (TPSA) is 30.7 Å². The van der Waals surface area contributed by atoms with Crippen LogP contribution < -0.4 is 0 Å². The molecule has 0 unspecified atom stereocenters. The zero-order valence-corrected chi connectivity index (χ0v) is 12.7. The molecule has 0 amide bonds. The lowest BCUT2D eigenvalue weighted by Crippen LogP contribution is -2.09. The second-order valence-corrected chi connectivity index (χ2v) is 5.38. The van der Waals surface area contributed by atoms with E-state index in [-0.39, 0.29) is 11.4 Å². The third-order valence-corrected chi connectivity index (χ3v) is 3.83. The summed E-state index contributed by atoms with van der Waals surface area (Å²) in [5.41, 5.74) is 0.625. The van der Waals surface area contributed by atoms with Gasteiger partial charge in [0.15, 0.2) is 5.82 Å². The molecule has 118 valence electrons. The molecule has 0 aliphatic rings. The minimum atomic E-state index is -4.47. The third-order valence-electron chi connectivity index (χ3n) is 3.42. The normalized spacial score (nSPS) is 11.7. The zero-order valence-electron chi connectivity index (χ0n) is 12.0. The molecule has 3 rings (SSSR count). The van der Waals surface area contributed by atoms with Gasteiger partial charge < -0.3 is 0 Å². The Labute approximate surface area is 135 Å². The highest BCUT2D eigenvalue weighted by molar-refractivity contribution is 6.31. The summed E-state index contributed by atoms with van der Waals surface area (Å²) in [5, 5.41) is 4.54. The molecule has 0 saturated heterocycles. The van der Waals surface area contributed by atoms with Crippen molar-refractivity contribution in [3.8, 4) is 17.1 Å². The number of rotatable bonds is 2. The molecule has 3 nitrogen and oxygen atoms in total. The molecule has 7 heteroatoms.